The topological polar surface area (TPSA) is 130 Å². The van der Waals surface area contributed by atoms with Gasteiger partial charge in [-0.1, -0.05) is 12.1 Å². The van der Waals surface area contributed by atoms with Crippen molar-refractivity contribution in [2.24, 2.45) is 5.92 Å². The van der Waals surface area contributed by atoms with Crippen LogP contribution in [-0.2, 0) is 24.5 Å². The number of imide groups is 1. The van der Waals surface area contributed by atoms with Gasteiger partial charge in [-0.2, -0.15) is 12.7 Å². The van der Waals surface area contributed by atoms with Gasteiger partial charge in [-0.15, -0.1) is 0 Å². The van der Waals surface area contributed by atoms with Gasteiger partial charge in [0.2, 0.25) is 5.91 Å². The third kappa shape index (κ3) is 4.30. The molecule has 0 atom stereocenters. The van der Waals surface area contributed by atoms with Gasteiger partial charge in [-0.05, 0) is 25.0 Å². The van der Waals surface area contributed by atoms with Gasteiger partial charge in [0.1, 0.15) is 0 Å². The van der Waals surface area contributed by atoms with Crippen LogP contribution >= 0.6 is 0 Å². The molecule has 0 aliphatic carbocycles. The number of carbonyl (C=O) groups is 4. The molecule has 0 bridgehead atoms. The van der Waals surface area contributed by atoms with E-state index in [1.54, 1.807) is 12.1 Å². The maximum atomic E-state index is 12.4. The van der Waals surface area contributed by atoms with Gasteiger partial charge < -0.3 is 4.74 Å². The average Bonchev–Trinajstić information content (AvgIpc) is 2.96. The average molecular weight is 423 g/mol. The summed E-state index contributed by atoms with van der Waals surface area (Å²) < 4.78 is 32.5. The molecule has 2 aliphatic rings. The number of nitrogens with one attached hydrogen (secondary N) is 1. The van der Waals surface area contributed by atoms with Gasteiger partial charge in [-0.25, -0.2) is 4.72 Å². The zero-order chi connectivity index (χ0) is 21.2. The van der Waals surface area contributed by atoms with Crippen molar-refractivity contribution in [2.75, 3.05) is 26.7 Å². The van der Waals surface area contributed by atoms with Crippen molar-refractivity contribution in [2.45, 2.75) is 19.3 Å². The predicted octanol–water partition coefficient (Wildman–Crippen LogP) is -0.0813. The maximum Gasteiger partial charge on any atom is 0.308 e. The van der Waals surface area contributed by atoms with Gasteiger partial charge >= 0.3 is 16.2 Å². The van der Waals surface area contributed by atoms with E-state index >= 15 is 0 Å². The Labute approximate surface area is 168 Å². The standard InChI is InChI=1S/C18H21N3O7S/c1-28-18(25)12-6-9-20(10-7-12)29(26,27)19-15(22)8-11-21-16(23)13-4-2-3-5-14(13)17(21)24/h2-5,12H,6-11H2,1H3,(H,19,22). The molecule has 156 valence electrons. The SMILES string of the molecule is COC(=O)C1CCN(S(=O)(=O)NC(=O)CCN2C(=O)c3ccccc3C2=O)CC1. The summed E-state index contributed by atoms with van der Waals surface area (Å²) in [5, 5.41) is 0. The summed E-state index contributed by atoms with van der Waals surface area (Å²) in [7, 11) is -2.79. The summed E-state index contributed by atoms with van der Waals surface area (Å²) >= 11 is 0. The predicted molar refractivity (Wildman–Crippen MR) is 99.8 cm³/mol. The number of hydrogen-bond acceptors (Lipinski definition) is 7. The number of rotatable bonds is 6. The van der Waals surface area contributed by atoms with E-state index in [1.807, 2.05) is 4.72 Å². The molecule has 0 radical (unpaired) electrons. The van der Waals surface area contributed by atoms with Crippen LogP contribution in [0.5, 0.6) is 0 Å². The molecule has 0 spiro atoms. The van der Waals surface area contributed by atoms with Crippen LogP contribution in [0.25, 0.3) is 0 Å². The van der Waals surface area contributed by atoms with Crippen molar-refractivity contribution >= 4 is 33.9 Å². The zero-order valence-corrected chi connectivity index (χ0v) is 16.6. The third-order valence-corrected chi connectivity index (χ3v) is 6.54. The Hall–Kier alpha value is -2.79. The Balaban J connectivity index is 1.53. The first-order valence-electron chi connectivity index (χ1n) is 9.08. The first-order chi connectivity index (χ1) is 13.7. The molecule has 3 amide bonds. The van der Waals surface area contributed by atoms with E-state index in [9.17, 15) is 27.6 Å². The number of amides is 3. The number of piperidine rings is 1. The van der Waals surface area contributed by atoms with Crippen LogP contribution in [0.15, 0.2) is 24.3 Å². The number of ether oxygens (including phenoxy) is 1. The summed E-state index contributed by atoms with van der Waals surface area (Å²) in [5.74, 6) is -2.59. The van der Waals surface area contributed by atoms with Crippen molar-refractivity contribution in [1.82, 2.24) is 13.9 Å². The minimum absolute atomic E-state index is 0.0841. The molecular weight excluding hydrogens is 402 g/mol. The van der Waals surface area contributed by atoms with Crippen LogP contribution in [0.4, 0.5) is 0 Å². The van der Waals surface area contributed by atoms with Gasteiger partial charge in [0, 0.05) is 26.1 Å². The molecule has 3 rings (SSSR count). The highest BCUT2D eigenvalue weighted by molar-refractivity contribution is 7.87. The van der Waals surface area contributed by atoms with Gasteiger partial charge in [0.15, 0.2) is 0 Å². The number of esters is 1. The lowest BCUT2D eigenvalue weighted by atomic mass is 9.99. The Morgan fingerprint density at radius 3 is 2.17 bits per heavy atom. The highest BCUT2D eigenvalue weighted by atomic mass is 32.2. The maximum absolute atomic E-state index is 12.4. The number of carbonyl (C=O) groups excluding carboxylic acids is 4. The molecule has 1 N–H and O–H groups in total. The lowest BCUT2D eigenvalue weighted by Gasteiger charge is -2.29. The second-order valence-electron chi connectivity index (χ2n) is 6.78. The molecular formula is C18H21N3O7S. The molecule has 2 heterocycles. The highest BCUT2D eigenvalue weighted by Gasteiger charge is 2.36. The van der Waals surface area contributed by atoms with E-state index < -0.39 is 27.9 Å². The number of hydrogen-bond donors (Lipinski definition) is 1. The van der Waals surface area contributed by atoms with Crippen molar-refractivity contribution in [1.29, 1.82) is 0 Å². The van der Waals surface area contributed by atoms with Crippen LogP contribution in [0.2, 0.25) is 0 Å². The first-order valence-corrected chi connectivity index (χ1v) is 10.5. The summed E-state index contributed by atoms with van der Waals surface area (Å²) in [4.78, 5) is 49.1. The molecule has 29 heavy (non-hydrogen) atoms. The van der Waals surface area contributed by atoms with Crippen molar-refractivity contribution in [3.05, 3.63) is 35.4 Å². The van der Waals surface area contributed by atoms with Crippen molar-refractivity contribution < 1.29 is 32.3 Å². The molecule has 2 aliphatic heterocycles. The summed E-state index contributed by atoms with van der Waals surface area (Å²) in [6.45, 7) is -0.0559. The number of fused-ring (bicyclic) bond motifs is 1. The van der Waals surface area contributed by atoms with Crippen molar-refractivity contribution in [3.63, 3.8) is 0 Å². The minimum atomic E-state index is -4.07. The summed E-state index contributed by atoms with van der Waals surface area (Å²) in [6, 6.07) is 6.32. The Morgan fingerprint density at radius 1 is 1.10 bits per heavy atom. The second-order valence-corrected chi connectivity index (χ2v) is 8.45. The van der Waals surface area contributed by atoms with E-state index in [2.05, 4.69) is 4.74 Å². The number of benzene rings is 1. The molecule has 0 aromatic heterocycles. The van der Waals surface area contributed by atoms with Gasteiger partial charge in [0.25, 0.3) is 11.8 Å². The second kappa shape index (κ2) is 8.29. The lowest BCUT2D eigenvalue weighted by Crippen LogP contribution is -2.48. The Morgan fingerprint density at radius 2 is 1.66 bits per heavy atom. The van der Waals surface area contributed by atoms with Crippen LogP contribution < -0.4 is 4.72 Å². The minimum Gasteiger partial charge on any atom is -0.469 e. The monoisotopic (exact) mass is 423 g/mol. The smallest absolute Gasteiger partial charge is 0.308 e. The fraction of sp³-hybridized carbons (Fsp3) is 0.444. The summed E-state index contributed by atoms with van der Waals surface area (Å²) in [5.41, 5.74) is 0.526. The number of nitrogens with zero attached hydrogens (tertiary/aromatic N) is 2. The largest absolute Gasteiger partial charge is 0.469 e. The van der Waals surface area contributed by atoms with Crippen molar-refractivity contribution in [3.8, 4) is 0 Å². The molecule has 10 nitrogen and oxygen atoms in total. The molecule has 0 saturated carbocycles. The van der Waals surface area contributed by atoms with Gasteiger partial charge in [-0.3, -0.25) is 24.1 Å². The molecule has 1 saturated heterocycles. The van der Waals surface area contributed by atoms with E-state index in [0.29, 0.717) is 12.8 Å². The van der Waals surface area contributed by atoms with Crippen LogP contribution in [0, 0.1) is 5.92 Å². The van der Waals surface area contributed by atoms with E-state index in [4.69, 9.17) is 0 Å². The van der Waals surface area contributed by atoms with Crippen LogP contribution in [0.1, 0.15) is 40.0 Å². The highest BCUT2D eigenvalue weighted by Crippen LogP contribution is 2.23. The van der Waals surface area contributed by atoms with E-state index in [0.717, 1.165) is 9.21 Å². The molecule has 1 aromatic rings. The quantitative estimate of drug-likeness (QED) is 0.500. The molecule has 0 unspecified atom stereocenters. The first kappa shape index (κ1) is 20.9. The Bertz CT molecular complexity index is 917. The zero-order valence-electron chi connectivity index (χ0n) is 15.8. The van der Waals surface area contributed by atoms with E-state index in [1.165, 1.54) is 19.2 Å². The molecule has 11 heteroatoms. The molecule has 1 fully saturated rings. The van der Waals surface area contributed by atoms with E-state index in [-0.39, 0.29) is 49.1 Å². The Kier molecular flexibility index (Phi) is 5.99. The summed E-state index contributed by atoms with van der Waals surface area (Å²) in [6.07, 6.45) is 0.261. The van der Waals surface area contributed by atoms with Gasteiger partial charge in [0.05, 0.1) is 24.2 Å². The number of methoxy groups -OCH3 is 1. The fourth-order valence-corrected chi connectivity index (χ4v) is 4.62. The molecule has 1 aromatic carbocycles. The lowest BCUT2D eigenvalue weighted by molar-refractivity contribution is -0.146. The normalized spacial score (nSPS) is 17.9. The third-order valence-electron chi connectivity index (χ3n) is 5.01. The fourth-order valence-electron chi connectivity index (χ4n) is 3.41. The van der Waals surface area contributed by atoms with Crippen LogP contribution in [-0.4, -0.2) is 68.1 Å². The van der Waals surface area contributed by atoms with Crippen LogP contribution in [0.3, 0.4) is 0 Å².